The Balaban J connectivity index is 0.000000994. The van der Waals surface area contributed by atoms with E-state index < -0.39 is 0 Å². The minimum Gasteiger partial charge on any atom is -0.277 e. The highest BCUT2D eigenvalue weighted by atomic mass is 79.9. The van der Waals surface area contributed by atoms with Crippen LogP contribution in [0.3, 0.4) is 0 Å². The summed E-state index contributed by atoms with van der Waals surface area (Å²) in [5.74, 6) is -0.609. The number of carbonyl (C=O) groups is 2. The van der Waals surface area contributed by atoms with E-state index in [4.69, 9.17) is 0 Å². The molecule has 0 saturated carbocycles. The minimum absolute atomic E-state index is 0.304. The molecule has 4 heterocycles. The monoisotopic (exact) mass is 569 g/mol. The third-order valence-electron chi connectivity index (χ3n) is 4.39. The molecule has 3 aromatic heterocycles. The summed E-state index contributed by atoms with van der Waals surface area (Å²) in [5, 5.41) is 0. The summed E-state index contributed by atoms with van der Waals surface area (Å²) in [4.78, 5) is 29.0. The van der Waals surface area contributed by atoms with Gasteiger partial charge < -0.3 is 0 Å². The molecule has 1 aliphatic rings. The molecule has 0 radical (unpaired) electrons. The standard InChI is InChI=1S/C17H7Br2N3O2S3.C2H6/c1-22-16(23)12-10(6-2-4-8(18)25-6)14-15(21-27-20-14)11(13(12)17(22)24)7-3-5-9(19)26-7;1-2/h2-5H,1H3;1-2H3. The normalized spacial score (nSPS) is 13.1. The van der Waals surface area contributed by atoms with Crippen molar-refractivity contribution in [3.63, 3.8) is 0 Å². The smallest absolute Gasteiger partial charge is 0.262 e. The first-order valence-electron chi connectivity index (χ1n) is 8.63. The van der Waals surface area contributed by atoms with E-state index in [0.29, 0.717) is 33.3 Å². The van der Waals surface area contributed by atoms with Gasteiger partial charge in [-0.15, -0.1) is 22.7 Å². The van der Waals surface area contributed by atoms with Crippen molar-refractivity contribution < 1.29 is 9.59 Å². The number of hydrogen-bond acceptors (Lipinski definition) is 7. The van der Waals surface area contributed by atoms with Crippen LogP contribution in [-0.4, -0.2) is 32.5 Å². The predicted molar refractivity (Wildman–Crippen MR) is 127 cm³/mol. The molecule has 4 aromatic rings. The summed E-state index contributed by atoms with van der Waals surface area (Å²) < 4.78 is 10.9. The number of imide groups is 1. The summed E-state index contributed by atoms with van der Waals surface area (Å²) in [7, 11) is 1.51. The molecular formula is C19H13Br2N3O2S3. The Morgan fingerprint density at radius 3 is 1.52 bits per heavy atom. The number of aromatic nitrogens is 2. The first kappa shape index (κ1) is 20.8. The number of hydrogen-bond donors (Lipinski definition) is 0. The highest BCUT2D eigenvalue weighted by Crippen LogP contribution is 2.48. The van der Waals surface area contributed by atoms with E-state index in [1.807, 2.05) is 38.1 Å². The van der Waals surface area contributed by atoms with Crippen molar-refractivity contribution in [2.24, 2.45) is 0 Å². The van der Waals surface area contributed by atoms with Crippen LogP contribution in [0, 0.1) is 0 Å². The molecule has 0 aliphatic carbocycles. The molecule has 2 amide bonds. The lowest BCUT2D eigenvalue weighted by molar-refractivity contribution is 0.0693. The molecule has 5 nitrogen and oxygen atoms in total. The van der Waals surface area contributed by atoms with Crippen LogP contribution >= 0.6 is 66.3 Å². The van der Waals surface area contributed by atoms with E-state index in [0.717, 1.165) is 29.1 Å². The maximum atomic E-state index is 13.0. The van der Waals surface area contributed by atoms with E-state index in [2.05, 4.69) is 40.6 Å². The zero-order chi connectivity index (χ0) is 20.9. The molecule has 0 fully saturated rings. The zero-order valence-electron chi connectivity index (χ0n) is 15.4. The summed E-state index contributed by atoms with van der Waals surface area (Å²) in [6.07, 6.45) is 0. The Morgan fingerprint density at radius 2 is 1.17 bits per heavy atom. The molecule has 0 N–H and O–H groups in total. The molecule has 0 bridgehead atoms. The molecule has 29 heavy (non-hydrogen) atoms. The van der Waals surface area contributed by atoms with E-state index >= 15 is 0 Å². The Hall–Kier alpha value is -1.46. The molecule has 0 unspecified atom stereocenters. The molecule has 0 atom stereocenters. The third-order valence-corrected chi connectivity index (χ3v) is 8.20. The molecule has 148 valence electrons. The van der Waals surface area contributed by atoms with Gasteiger partial charge in [-0.05, 0) is 56.1 Å². The van der Waals surface area contributed by atoms with Gasteiger partial charge in [0.1, 0.15) is 11.0 Å². The van der Waals surface area contributed by atoms with Gasteiger partial charge >= 0.3 is 0 Å². The Morgan fingerprint density at radius 1 is 0.759 bits per heavy atom. The number of nitrogens with zero attached hydrogens (tertiary/aromatic N) is 3. The van der Waals surface area contributed by atoms with Crippen LogP contribution in [0.1, 0.15) is 34.6 Å². The van der Waals surface area contributed by atoms with Crippen LogP contribution in [0.5, 0.6) is 0 Å². The quantitative estimate of drug-likeness (QED) is 0.245. The largest absolute Gasteiger partial charge is 0.277 e. The topological polar surface area (TPSA) is 63.2 Å². The second-order valence-corrected chi connectivity index (χ2v) is 11.3. The van der Waals surface area contributed by atoms with Crippen LogP contribution in [0.4, 0.5) is 0 Å². The van der Waals surface area contributed by atoms with Crippen molar-refractivity contribution in [2.75, 3.05) is 7.05 Å². The molecule has 1 aliphatic heterocycles. The zero-order valence-corrected chi connectivity index (χ0v) is 21.1. The van der Waals surface area contributed by atoms with E-state index in [1.54, 1.807) is 0 Å². The molecule has 5 rings (SSSR count). The van der Waals surface area contributed by atoms with Gasteiger partial charge in [0, 0.05) is 27.9 Å². The van der Waals surface area contributed by atoms with Crippen molar-refractivity contribution in [1.82, 2.24) is 13.6 Å². The van der Waals surface area contributed by atoms with Crippen molar-refractivity contribution in [1.29, 1.82) is 0 Å². The fourth-order valence-electron chi connectivity index (χ4n) is 3.24. The number of thiophene rings is 2. The molecule has 0 saturated heterocycles. The third kappa shape index (κ3) is 3.21. The average Bonchev–Trinajstić information content (AvgIpc) is 3.49. The number of benzene rings is 1. The van der Waals surface area contributed by atoms with Crippen molar-refractivity contribution in [2.45, 2.75) is 13.8 Å². The van der Waals surface area contributed by atoms with Gasteiger partial charge in [0.2, 0.25) is 0 Å². The van der Waals surface area contributed by atoms with Crippen LogP contribution in [0.15, 0.2) is 31.8 Å². The highest BCUT2D eigenvalue weighted by molar-refractivity contribution is 9.11. The van der Waals surface area contributed by atoms with Gasteiger partial charge in [0.15, 0.2) is 0 Å². The number of fused-ring (bicyclic) bond motifs is 2. The summed E-state index contributed by atoms with van der Waals surface area (Å²) in [6, 6.07) is 7.71. The maximum Gasteiger partial charge on any atom is 0.262 e. The number of amides is 2. The average molecular weight is 571 g/mol. The van der Waals surface area contributed by atoms with E-state index in [1.165, 1.54) is 34.6 Å². The predicted octanol–water partition coefficient (Wildman–Crippen LogP) is 6.93. The van der Waals surface area contributed by atoms with Gasteiger partial charge in [-0.2, -0.15) is 8.75 Å². The molecule has 1 aromatic carbocycles. The van der Waals surface area contributed by atoms with Crippen LogP contribution in [-0.2, 0) is 0 Å². The number of carbonyl (C=O) groups excluding carboxylic acids is 2. The highest BCUT2D eigenvalue weighted by Gasteiger charge is 2.41. The van der Waals surface area contributed by atoms with Crippen LogP contribution < -0.4 is 0 Å². The SMILES string of the molecule is CC.CN1C(=O)c2c(c(-c3ccc(Br)s3)c3nsnc3c2-c2ccc(Br)s2)C1=O. The van der Waals surface area contributed by atoms with Gasteiger partial charge in [0.05, 0.1) is 30.4 Å². The Labute approximate surface area is 196 Å². The fourth-order valence-corrected chi connectivity index (χ4v) is 6.67. The van der Waals surface area contributed by atoms with Crippen LogP contribution in [0.2, 0.25) is 0 Å². The minimum atomic E-state index is -0.304. The first-order valence-corrected chi connectivity index (χ1v) is 12.6. The summed E-state index contributed by atoms with van der Waals surface area (Å²) >= 11 is 11.0. The van der Waals surface area contributed by atoms with Crippen LogP contribution in [0.25, 0.3) is 31.9 Å². The number of halogens is 2. The van der Waals surface area contributed by atoms with E-state index in [9.17, 15) is 9.59 Å². The van der Waals surface area contributed by atoms with Crippen molar-refractivity contribution in [3.8, 4) is 20.9 Å². The van der Waals surface area contributed by atoms with E-state index in [-0.39, 0.29) is 11.8 Å². The summed E-state index contributed by atoms with van der Waals surface area (Å²) in [5.41, 5.74) is 3.51. The fraction of sp³-hybridized carbons (Fsp3) is 0.158. The Bertz CT molecular complexity index is 1180. The lowest BCUT2D eigenvalue weighted by atomic mass is 9.93. The van der Waals surface area contributed by atoms with Crippen molar-refractivity contribution in [3.05, 3.63) is 43.0 Å². The maximum absolute atomic E-state index is 13.0. The lowest BCUT2D eigenvalue weighted by Crippen LogP contribution is -2.24. The van der Waals surface area contributed by atoms with Crippen molar-refractivity contribution >= 4 is 89.1 Å². The van der Waals surface area contributed by atoms with Gasteiger partial charge in [-0.1, -0.05) is 13.8 Å². The summed E-state index contributed by atoms with van der Waals surface area (Å²) in [6.45, 7) is 4.00. The van der Waals surface area contributed by atoms with Gasteiger partial charge in [0.25, 0.3) is 11.8 Å². The van der Waals surface area contributed by atoms with Gasteiger partial charge in [-0.3, -0.25) is 14.5 Å². The molecule has 0 spiro atoms. The lowest BCUT2D eigenvalue weighted by Gasteiger charge is -2.10. The molecular weight excluding hydrogens is 558 g/mol. The van der Waals surface area contributed by atoms with Gasteiger partial charge in [-0.25, -0.2) is 0 Å². The molecule has 10 heteroatoms. The second kappa shape index (κ2) is 7.99. The second-order valence-electron chi connectivity index (χ2n) is 5.84. The first-order chi connectivity index (χ1) is 14.0. The number of rotatable bonds is 2. The Kier molecular flexibility index (Phi) is 5.73.